The third kappa shape index (κ3) is 3.13. The number of nitrogens with zero attached hydrogens (tertiary/aromatic N) is 1. The highest BCUT2D eigenvalue weighted by atomic mass is 35.5. The Morgan fingerprint density at radius 1 is 1.47 bits per heavy atom. The van der Waals surface area contributed by atoms with E-state index in [9.17, 15) is 9.90 Å². The molecular formula is C13H18ClNO2. The van der Waals surface area contributed by atoms with E-state index in [0.717, 1.165) is 11.3 Å². The Morgan fingerprint density at radius 2 is 2.12 bits per heavy atom. The number of halogens is 1. The molecule has 0 radical (unpaired) electrons. The summed E-state index contributed by atoms with van der Waals surface area (Å²) < 4.78 is 0. The molecule has 1 rings (SSSR count). The standard InChI is InChI=1S/C13H18ClNO2/c1-4-11(13(16)17)15(5-2)12-7-6-10(14)8-9(12)3/h6-8,11H,4-5H2,1-3H3,(H,16,17)/t11-/m0/s1. The van der Waals surface area contributed by atoms with Crippen LogP contribution in [0.25, 0.3) is 0 Å². The highest BCUT2D eigenvalue weighted by Crippen LogP contribution is 2.26. The van der Waals surface area contributed by atoms with Crippen LogP contribution in [0.4, 0.5) is 5.69 Å². The Hall–Kier alpha value is -1.22. The van der Waals surface area contributed by atoms with Crippen LogP contribution in [-0.4, -0.2) is 23.7 Å². The number of hydrogen-bond donors (Lipinski definition) is 1. The minimum atomic E-state index is -0.788. The predicted molar refractivity (Wildman–Crippen MR) is 70.9 cm³/mol. The molecule has 1 N–H and O–H groups in total. The number of benzene rings is 1. The van der Waals surface area contributed by atoms with Crippen molar-refractivity contribution in [1.29, 1.82) is 0 Å². The van der Waals surface area contributed by atoms with Gasteiger partial charge in [-0.2, -0.15) is 0 Å². The second-order valence-electron chi connectivity index (χ2n) is 3.98. The minimum absolute atomic E-state index is 0.486. The zero-order valence-corrected chi connectivity index (χ0v) is 11.2. The summed E-state index contributed by atoms with van der Waals surface area (Å²) in [6.45, 7) is 6.44. The molecule has 0 aromatic heterocycles. The number of rotatable bonds is 5. The Kier molecular flexibility index (Phi) is 4.82. The fourth-order valence-electron chi connectivity index (χ4n) is 2.03. The van der Waals surface area contributed by atoms with Gasteiger partial charge in [0.2, 0.25) is 0 Å². The van der Waals surface area contributed by atoms with Gasteiger partial charge in [-0.3, -0.25) is 0 Å². The van der Waals surface area contributed by atoms with E-state index < -0.39 is 12.0 Å². The van der Waals surface area contributed by atoms with E-state index in [0.29, 0.717) is 18.0 Å². The van der Waals surface area contributed by atoms with Crippen LogP contribution < -0.4 is 4.90 Å². The smallest absolute Gasteiger partial charge is 0.326 e. The average Bonchev–Trinajstić information content (AvgIpc) is 2.26. The molecular weight excluding hydrogens is 238 g/mol. The van der Waals surface area contributed by atoms with Gasteiger partial charge in [-0.05, 0) is 44.0 Å². The molecule has 0 heterocycles. The summed E-state index contributed by atoms with van der Waals surface area (Å²) >= 11 is 5.91. The molecule has 3 nitrogen and oxygen atoms in total. The summed E-state index contributed by atoms with van der Waals surface area (Å²) in [6.07, 6.45) is 0.575. The van der Waals surface area contributed by atoms with E-state index in [-0.39, 0.29) is 0 Å². The number of anilines is 1. The molecule has 0 fully saturated rings. The van der Waals surface area contributed by atoms with Gasteiger partial charge in [-0.1, -0.05) is 18.5 Å². The van der Waals surface area contributed by atoms with Gasteiger partial charge in [0.1, 0.15) is 6.04 Å². The van der Waals surface area contributed by atoms with Crippen molar-refractivity contribution in [2.45, 2.75) is 33.2 Å². The lowest BCUT2D eigenvalue weighted by Gasteiger charge is -2.30. The van der Waals surface area contributed by atoms with E-state index in [1.54, 1.807) is 6.07 Å². The second kappa shape index (κ2) is 5.92. The molecule has 17 heavy (non-hydrogen) atoms. The number of hydrogen-bond acceptors (Lipinski definition) is 2. The first-order chi connectivity index (χ1) is 8.01. The monoisotopic (exact) mass is 255 g/mol. The molecule has 1 aromatic rings. The lowest BCUT2D eigenvalue weighted by atomic mass is 10.1. The topological polar surface area (TPSA) is 40.5 Å². The molecule has 0 unspecified atom stereocenters. The summed E-state index contributed by atoms with van der Waals surface area (Å²) in [5.41, 5.74) is 1.94. The van der Waals surface area contributed by atoms with Crippen molar-refractivity contribution in [3.05, 3.63) is 28.8 Å². The van der Waals surface area contributed by atoms with Gasteiger partial charge < -0.3 is 10.0 Å². The van der Waals surface area contributed by atoms with Gasteiger partial charge in [0, 0.05) is 17.3 Å². The number of aryl methyl sites for hydroxylation is 1. The van der Waals surface area contributed by atoms with Crippen LogP contribution >= 0.6 is 11.6 Å². The maximum atomic E-state index is 11.2. The number of likely N-dealkylation sites (N-methyl/N-ethyl adjacent to an activating group) is 1. The largest absolute Gasteiger partial charge is 0.480 e. The molecule has 0 aliphatic heterocycles. The zero-order valence-electron chi connectivity index (χ0n) is 10.4. The first kappa shape index (κ1) is 13.8. The summed E-state index contributed by atoms with van der Waals surface area (Å²) in [5, 5.41) is 9.89. The third-order valence-electron chi connectivity index (χ3n) is 2.86. The van der Waals surface area contributed by atoms with Crippen LogP contribution in [0.3, 0.4) is 0 Å². The van der Waals surface area contributed by atoms with Crippen molar-refractivity contribution in [3.63, 3.8) is 0 Å². The van der Waals surface area contributed by atoms with Crippen molar-refractivity contribution in [2.75, 3.05) is 11.4 Å². The third-order valence-corrected chi connectivity index (χ3v) is 3.09. The van der Waals surface area contributed by atoms with E-state index in [1.165, 1.54) is 0 Å². The van der Waals surface area contributed by atoms with Crippen LogP contribution in [0.5, 0.6) is 0 Å². The van der Waals surface area contributed by atoms with Gasteiger partial charge in [0.15, 0.2) is 0 Å². The highest BCUT2D eigenvalue weighted by Gasteiger charge is 2.23. The lowest BCUT2D eigenvalue weighted by Crippen LogP contribution is -2.41. The average molecular weight is 256 g/mol. The van der Waals surface area contributed by atoms with E-state index >= 15 is 0 Å². The summed E-state index contributed by atoms with van der Waals surface area (Å²) in [6, 6.07) is 5.04. The molecule has 0 bridgehead atoms. The number of carbonyl (C=O) groups is 1. The van der Waals surface area contributed by atoms with Gasteiger partial charge in [0.05, 0.1) is 0 Å². The molecule has 1 aromatic carbocycles. The Morgan fingerprint density at radius 3 is 2.53 bits per heavy atom. The SMILES string of the molecule is CC[C@@H](C(=O)O)N(CC)c1ccc(Cl)cc1C. The van der Waals surface area contributed by atoms with Crippen LogP contribution in [0, 0.1) is 6.92 Å². The zero-order chi connectivity index (χ0) is 13.0. The molecule has 1 atom stereocenters. The number of carboxylic acid groups (broad SMARTS) is 1. The first-order valence-corrected chi connectivity index (χ1v) is 6.14. The molecule has 0 aliphatic carbocycles. The molecule has 0 spiro atoms. The van der Waals surface area contributed by atoms with Gasteiger partial charge in [-0.25, -0.2) is 4.79 Å². The molecule has 0 saturated carbocycles. The Balaban J connectivity index is 3.12. The lowest BCUT2D eigenvalue weighted by molar-refractivity contribution is -0.138. The van der Waals surface area contributed by atoms with Crippen molar-refractivity contribution in [2.24, 2.45) is 0 Å². The van der Waals surface area contributed by atoms with Crippen molar-refractivity contribution in [1.82, 2.24) is 0 Å². The van der Waals surface area contributed by atoms with E-state index in [4.69, 9.17) is 11.6 Å². The molecule has 94 valence electrons. The maximum absolute atomic E-state index is 11.2. The highest BCUT2D eigenvalue weighted by molar-refractivity contribution is 6.30. The van der Waals surface area contributed by atoms with Gasteiger partial charge >= 0.3 is 5.97 Å². The number of aliphatic carboxylic acids is 1. The fourth-order valence-corrected chi connectivity index (χ4v) is 2.25. The van der Waals surface area contributed by atoms with E-state index in [1.807, 2.05) is 37.8 Å². The molecule has 0 amide bonds. The van der Waals surface area contributed by atoms with Crippen LogP contribution in [0.1, 0.15) is 25.8 Å². The van der Waals surface area contributed by atoms with Crippen LogP contribution in [-0.2, 0) is 4.79 Å². The van der Waals surface area contributed by atoms with Crippen LogP contribution in [0.2, 0.25) is 5.02 Å². The summed E-state index contributed by atoms with van der Waals surface area (Å²) in [7, 11) is 0. The molecule has 4 heteroatoms. The van der Waals surface area contributed by atoms with Crippen LogP contribution in [0.15, 0.2) is 18.2 Å². The van der Waals surface area contributed by atoms with E-state index in [2.05, 4.69) is 0 Å². The van der Waals surface area contributed by atoms with Gasteiger partial charge in [-0.15, -0.1) is 0 Å². The van der Waals surface area contributed by atoms with Gasteiger partial charge in [0.25, 0.3) is 0 Å². The predicted octanol–water partition coefficient (Wildman–Crippen LogP) is 3.34. The van der Waals surface area contributed by atoms with Crippen molar-refractivity contribution < 1.29 is 9.90 Å². The second-order valence-corrected chi connectivity index (χ2v) is 4.42. The van der Waals surface area contributed by atoms with Crippen molar-refractivity contribution >= 4 is 23.3 Å². The van der Waals surface area contributed by atoms with Crippen molar-refractivity contribution in [3.8, 4) is 0 Å². The first-order valence-electron chi connectivity index (χ1n) is 5.76. The normalized spacial score (nSPS) is 12.2. The number of carboxylic acids is 1. The minimum Gasteiger partial charge on any atom is -0.480 e. The fraction of sp³-hybridized carbons (Fsp3) is 0.462. The Labute approximate surface area is 107 Å². The molecule has 0 aliphatic rings. The quantitative estimate of drug-likeness (QED) is 0.877. The molecule has 0 saturated heterocycles. The Bertz CT molecular complexity index is 406. The maximum Gasteiger partial charge on any atom is 0.326 e. The summed E-state index contributed by atoms with van der Waals surface area (Å²) in [4.78, 5) is 13.1. The summed E-state index contributed by atoms with van der Waals surface area (Å²) in [5.74, 6) is -0.788.